The molecule has 1 rings (SSSR count). The molecule has 0 bridgehead atoms. The average molecular weight is 242 g/mol. The molecule has 0 spiro atoms. The minimum atomic E-state index is 0.202. The van der Waals surface area contributed by atoms with E-state index in [0.717, 1.165) is 22.8 Å². The summed E-state index contributed by atoms with van der Waals surface area (Å²) in [6.45, 7) is 6.86. The quantitative estimate of drug-likeness (QED) is 0.858. The van der Waals surface area contributed by atoms with Crippen LogP contribution in [0.25, 0.3) is 0 Å². The van der Waals surface area contributed by atoms with Crippen LogP contribution in [0.4, 0.5) is 0 Å². The number of ether oxygens (including phenoxy) is 1. The number of hydrogen-bond donors (Lipinski definition) is 1. The number of rotatable bonds is 5. The molecule has 0 fully saturated rings. The summed E-state index contributed by atoms with van der Waals surface area (Å²) in [5, 5.41) is 0.770. The molecule has 3 heteroatoms. The van der Waals surface area contributed by atoms with Crippen LogP contribution in [0, 0.1) is 12.8 Å². The lowest BCUT2D eigenvalue weighted by Gasteiger charge is -2.15. The van der Waals surface area contributed by atoms with Crippen LogP contribution < -0.4 is 10.5 Å². The van der Waals surface area contributed by atoms with Gasteiger partial charge in [-0.05, 0) is 43.0 Å². The van der Waals surface area contributed by atoms with Crippen molar-refractivity contribution in [2.45, 2.75) is 33.2 Å². The van der Waals surface area contributed by atoms with Crippen LogP contribution in [0.15, 0.2) is 18.2 Å². The molecule has 0 aliphatic rings. The van der Waals surface area contributed by atoms with Gasteiger partial charge in [-0.1, -0.05) is 25.4 Å². The average Bonchev–Trinajstić information content (AvgIpc) is 2.23. The van der Waals surface area contributed by atoms with Gasteiger partial charge in [0.25, 0.3) is 0 Å². The maximum absolute atomic E-state index is 5.93. The molecule has 0 saturated heterocycles. The summed E-state index contributed by atoms with van der Waals surface area (Å²) in [6, 6.07) is 5.89. The maximum Gasteiger partial charge on any atom is 0.119 e. The fourth-order valence-corrected chi connectivity index (χ4v) is 1.47. The van der Waals surface area contributed by atoms with Gasteiger partial charge in [0.05, 0.1) is 6.61 Å². The molecule has 1 aromatic rings. The molecule has 0 radical (unpaired) electrons. The van der Waals surface area contributed by atoms with Gasteiger partial charge in [0.1, 0.15) is 5.75 Å². The predicted molar refractivity (Wildman–Crippen MR) is 69.1 cm³/mol. The van der Waals surface area contributed by atoms with E-state index >= 15 is 0 Å². The lowest BCUT2D eigenvalue weighted by Crippen LogP contribution is -2.28. The van der Waals surface area contributed by atoms with Crippen molar-refractivity contribution in [1.82, 2.24) is 0 Å². The zero-order valence-electron chi connectivity index (χ0n) is 10.2. The van der Waals surface area contributed by atoms with Gasteiger partial charge in [0, 0.05) is 11.1 Å². The Hall–Kier alpha value is -0.730. The third-order valence-electron chi connectivity index (χ3n) is 2.71. The highest BCUT2D eigenvalue weighted by atomic mass is 35.5. The van der Waals surface area contributed by atoms with Gasteiger partial charge in [-0.25, -0.2) is 0 Å². The van der Waals surface area contributed by atoms with Crippen LogP contribution in [-0.2, 0) is 0 Å². The summed E-state index contributed by atoms with van der Waals surface area (Å²) >= 11 is 5.93. The Labute approximate surface area is 103 Å². The first-order valence-electron chi connectivity index (χ1n) is 5.65. The topological polar surface area (TPSA) is 35.2 Å². The van der Waals surface area contributed by atoms with Gasteiger partial charge >= 0.3 is 0 Å². The van der Waals surface area contributed by atoms with Gasteiger partial charge in [0.15, 0.2) is 0 Å². The van der Waals surface area contributed by atoms with E-state index in [1.807, 2.05) is 25.1 Å². The second-order valence-corrected chi connectivity index (χ2v) is 4.86. The number of benzene rings is 1. The Morgan fingerprint density at radius 1 is 1.38 bits per heavy atom. The normalized spacial score (nSPS) is 12.9. The highest BCUT2D eigenvalue weighted by molar-refractivity contribution is 6.31. The first-order chi connectivity index (χ1) is 7.50. The molecule has 0 aliphatic heterocycles. The highest BCUT2D eigenvalue weighted by Gasteiger charge is 2.07. The van der Waals surface area contributed by atoms with Crippen LogP contribution in [-0.4, -0.2) is 12.6 Å². The molecule has 1 aromatic carbocycles. The summed E-state index contributed by atoms with van der Waals surface area (Å²) in [5.41, 5.74) is 6.97. The first kappa shape index (κ1) is 13.3. The van der Waals surface area contributed by atoms with Crippen LogP contribution >= 0.6 is 11.6 Å². The van der Waals surface area contributed by atoms with E-state index in [9.17, 15) is 0 Å². The minimum absolute atomic E-state index is 0.202. The molecule has 0 saturated carbocycles. The molecule has 0 heterocycles. The van der Waals surface area contributed by atoms with Crippen molar-refractivity contribution in [2.75, 3.05) is 6.61 Å². The van der Waals surface area contributed by atoms with Gasteiger partial charge in [-0.2, -0.15) is 0 Å². The first-order valence-corrected chi connectivity index (χ1v) is 6.03. The Kier molecular flexibility index (Phi) is 5.10. The third-order valence-corrected chi connectivity index (χ3v) is 3.13. The maximum atomic E-state index is 5.93. The summed E-state index contributed by atoms with van der Waals surface area (Å²) in [5.74, 6) is 1.36. The molecular formula is C13H20ClNO. The van der Waals surface area contributed by atoms with Crippen molar-refractivity contribution in [3.63, 3.8) is 0 Å². The molecule has 2 nitrogen and oxygen atoms in total. The van der Waals surface area contributed by atoms with Gasteiger partial charge in [-0.15, -0.1) is 0 Å². The van der Waals surface area contributed by atoms with E-state index in [1.54, 1.807) is 0 Å². The Bertz CT molecular complexity index is 339. The van der Waals surface area contributed by atoms with E-state index in [1.165, 1.54) is 0 Å². The molecule has 0 aromatic heterocycles. The van der Waals surface area contributed by atoms with Crippen molar-refractivity contribution in [1.29, 1.82) is 0 Å². The van der Waals surface area contributed by atoms with Gasteiger partial charge in [-0.3, -0.25) is 0 Å². The Morgan fingerprint density at radius 3 is 2.62 bits per heavy atom. The second kappa shape index (κ2) is 6.12. The van der Waals surface area contributed by atoms with Crippen LogP contribution in [0.5, 0.6) is 5.75 Å². The summed E-state index contributed by atoms with van der Waals surface area (Å²) in [7, 11) is 0. The van der Waals surface area contributed by atoms with Crippen LogP contribution in [0.3, 0.4) is 0 Å². The second-order valence-electron chi connectivity index (χ2n) is 4.46. The Balaban J connectivity index is 2.40. The van der Waals surface area contributed by atoms with Crippen molar-refractivity contribution in [3.05, 3.63) is 28.8 Å². The smallest absolute Gasteiger partial charge is 0.119 e. The third kappa shape index (κ3) is 4.03. The lowest BCUT2D eigenvalue weighted by atomic mass is 10.0. The SMILES string of the molecule is Cc1cc(OCCC(N)C(C)C)ccc1Cl. The molecule has 0 amide bonds. The number of nitrogens with two attached hydrogens (primary N) is 1. The number of aryl methyl sites for hydroxylation is 1. The summed E-state index contributed by atoms with van der Waals surface area (Å²) in [6.07, 6.45) is 0.874. The monoisotopic (exact) mass is 241 g/mol. The van der Waals surface area contributed by atoms with Gasteiger partial charge in [0.2, 0.25) is 0 Å². The molecule has 1 atom stereocenters. The van der Waals surface area contributed by atoms with E-state index in [2.05, 4.69) is 13.8 Å². The van der Waals surface area contributed by atoms with Gasteiger partial charge < -0.3 is 10.5 Å². The van der Waals surface area contributed by atoms with Crippen LogP contribution in [0.2, 0.25) is 5.02 Å². The zero-order valence-corrected chi connectivity index (χ0v) is 10.9. The van der Waals surface area contributed by atoms with E-state index < -0.39 is 0 Å². The molecule has 0 aliphatic carbocycles. The van der Waals surface area contributed by atoms with Crippen molar-refractivity contribution < 1.29 is 4.74 Å². The largest absolute Gasteiger partial charge is 0.494 e. The lowest BCUT2D eigenvalue weighted by molar-refractivity contribution is 0.282. The number of halogens is 1. The highest BCUT2D eigenvalue weighted by Crippen LogP contribution is 2.21. The number of hydrogen-bond acceptors (Lipinski definition) is 2. The molecule has 16 heavy (non-hydrogen) atoms. The van der Waals surface area contributed by atoms with E-state index in [4.69, 9.17) is 22.1 Å². The van der Waals surface area contributed by atoms with Crippen molar-refractivity contribution >= 4 is 11.6 Å². The van der Waals surface area contributed by atoms with Crippen LogP contribution in [0.1, 0.15) is 25.8 Å². The predicted octanol–water partition coefficient (Wildman–Crippen LogP) is 3.40. The zero-order chi connectivity index (χ0) is 12.1. The van der Waals surface area contributed by atoms with Crippen molar-refractivity contribution in [3.8, 4) is 5.75 Å². The van der Waals surface area contributed by atoms with Crippen molar-refractivity contribution in [2.24, 2.45) is 11.7 Å². The van der Waals surface area contributed by atoms with E-state index in [-0.39, 0.29) is 6.04 Å². The standard InChI is InChI=1S/C13H20ClNO/c1-9(2)13(15)6-7-16-11-4-5-12(14)10(3)8-11/h4-5,8-9,13H,6-7,15H2,1-3H3. The fourth-order valence-electron chi connectivity index (χ4n) is 1.35. The van der Waals surface area contributed by atoms with E-state index in [0.29, 0.717) is 12.5 Å². The molecule has 1 unspecified atom stereocenters. The molecular weight excluding hydrogens is 222 g/mol. The minimum Gasteiger partial charge on any atom is -0.494 e. The Morgan fingerprint density at radius 2 is 2.06 bits per heavy atom. The fraction of sp³-hybridized carbons (Fsp3) is 0.538. The molecule has 2 N–H and O–H groups in total. The summed E-state index contributed by atoms with van der Waals surface area (Å²) in [4.78, 5) is 0. The summed E-state index contributed by atoms with van der Waals surface area (Å²) < 4.78 is 5.62. The molecule has 90 valence electrons.